The minimum absolute atomic E-state index is 0.0488. The Morgan fingerprint density at radius 3 is 2.46 bits per heavy atom. The van der Waals surface area contributed by atoms with E-state index in [1.807, 2.05) is 13.0 Å². The van der Waals surface area contributed by atoms with E-state index in [1.165, 1.54) is 11.1 Å². The average molecular weight is 402 g/mol. The fourth-order valence-corrected chi connectivity index (χ4v) is 5.50. The van der Waals surface area contributed by atoms with Gasteiger partial charge in [-0.3, -0.25) is 9.59 Å². The molecule has 154 valence electrons. The molecule has 1 aliphatic heterocycles. The number of aryl methyl sites for hydroxylation is 2. The van der Waals surface area contributed by atoms with Crippen molar-refractivity contribution in [1.82, 2.24) is 5.32 Å². The summed E-state index contributed by atoms with van der Waals surface area (Å²) in [4.78, 5) is 26.0. The van der Waals surface area contributed by atoms with Gasteiger partial charge in [-0.15, -0.1) is 0 Å². The van der Waals surface area contributed by atoms with Crippen molar-refractivity contribution in [2.24, 2.45) is 23.2 Å². The molecule has 1 N–H and O–H groups in total. The Balaban J connectivity index is 1.86. The van der Waals surface area contributed by atoms with Crippen LogP contribution in [0.2, 0.25) is 13.1 Å². The van der Waals surface area contributed by atoms with Crippen LogP contribution in [0.3, 0.4) is 0 Å². The van der Waals surface area contributed by atoms with Crippen LogP contribution in [-0.2, 0) is 15.6 Å². The number of amides is 1. The number of rotatable bonds is 5. The lowest BCUT2D eigenvalue weighted by atomic mass is 9.62. The van der Waals surface area contributed by atoms with E-state index < -0.39 is 9.04 Å². The maximum Gasteiger partial charge on any atom is 0.225 e. The Bertz CT molecular complexity index is 781. The Labute approximate surface area is 171 Å². The maximum atomic E-state index is 13.4. The second-order valence-corrected chi connectivity index (χ2v) is 12.5. The number of β-lactam (4-membered cyclic amide) rings is 1. The quantitative estimate of drug-likeness (QED) is 0.603. The van der Waals surface area contributed by atoms with Crippen LogP contribution in [0.15, 0.2) is 12.1 Å². The number of ketones is 1. The summed E-state index contributed by atoms with van der Waals surface area (Å²) in [5.74, 6) is 0.133. The number of carbonyl (C=O) groups is 2. The van der Waals surface area contributed by atoms with Crippen molar-refractivity contribution in [3.05, 3.63) is 34.4 Å². The van der Waals surface area contributed by atoms with E-state index in [9.17, 15) is 9.59 Å². The molecule has 1 amide bonds. The molecule has 1 heterocycles. The van der Waals surface area contributed by atoms with Crippen LogP contribution < -0.4 is 5.32 Å². The van der Waals surface area contributed by atoms with Gasteiger partial charge in [0, 0.05) is 18.1 Å². The van der Waals surface area contributed by atoms with Gasteiger partial charge in [0.05, 0.1) is 12.0 Å². The molecule has 4 atom stereocenters. The van der Waals surface area contributed by atoms with Gasteiger partial charge in [-0.1, -0.05) is 32.4 Å². The molecular weight excluding hydrogens is 366 g/mol. The molecule has 3 rings (SSSR count). The third-order valence-corrected chi connectivity index (χ3v) is 7.37. The first-order valence-electron chi connectivity index (χ1n) is 10.6. The standard InChI is InChI=1S/C23H35NO3Si/c1-13-10-14(2)15-8-9-16(21(25)17(15)11-13)20-19(22(26)24-20)18(23(3,4)5)12-27-28(6)7/h10-11,16,18-20,28H,8-9,12H2,1-7H3,(H,24,26)/t16-,18-,19+,20-/m1/s1. The fourth-order valence-electron chi connectivity index (χ4n) is 4.91. The lowest BCUT2D eigenvalue weighted by molar-refractivity contribution is -0.143. The predicted octanol–water partition coefficient (Wildman–Crippen LogP) is 3.83. The number of hydrogen-bond acceptors (Lipinski definition) is 3. The fraction of sp³-hybridized carbons (Fsp3) is 0.652. The summed E-state index contributed by atoms with van der Waals surface area (Å²) in [5, 5.41) is 3.09. The molecule has 4 nitrogen and oxygen atoms in total. The summed E-state index contributed by atoms with van der Waals surface area (Å²) in [6.45, 7) is 15.6. The van der Waals surface area contributed by atoms with Crippen molar-refractivity contribution in [3.8, 4) is 0 Å². The van der Waals surface area contributed by atoms with Crippen LogP contribution in [-0.4, -0.2) is 33.4 Å². The predicted molar refractivity (Wildman–Crippen MR) is 115 cm³/mol. The van der Waals surface area contributed by atoms with Gasteiger partial charge in [0.15, 0.2) is 14.8 Å². The number of hydrogen-bond donors (Lipinski definition) is 1. The number of fused-ring (bicyclic) bond motifs is 1. The first-order valence-corrected chi connectivity index (χ1v) is 13.3. The molecule has 1 aromatic rings. The molecule has 0 unspecified atom stereocenters. The first-order chi connectivity index (χ1) is 13.0. The average Bonchev–Trinajstić information content (AvgIpc) is 2.56. The normalized spacial score (nSPS) is 25.9. The third-order valence-electron chi connectivity index (χ3n) is 6.51. The van der Waals surface area contributed by atoms with E-state index in [-0.39, 0.29) is 40.9 Å². The van der Waals surface area contributed by atoms with Gasteiger partial charge in [-0.05, 0) is 68.3 Å². The largest absolute Gasteiger partial charge is 0.420 e. The van der Waals surface area contributed by atoms with Crippen molar-refractivity contribution in [3.63, 3.8) is 0 Å². The molecule has 2 aliphatic rings. The van der Waals surface area contributed by atoms with Gasteiger partial charge in [-0.2, -0.15) is 0 Å². The van der Waals surface area contributed by atoms with Crippen molar-refractivity contribution in [1.29, 1.82) is 0 Å². The summed E-state index contributed by atoms with van der Waals surface area (Å²) in [7, 11) is -1.17. The molecular formula is C23H35NO3Si. The summed E-state index contributed by atoms with van der Waals surface area (Å²) < 4.78 is 6.06. The lowest BCUT2D eigenvalue weighted by Gasteiger charge is -2.49. The van der Waals surface area contributed by atoms with Crippen molar-refractivity contribution in [2.45, 2.75) is 66.6 Å². The highest BCUT2D eigenvalue weighted by molar-refractivity contribution is 6.48. The van der Waals surface area contributed by atoms with E-state index in [0.717, 1.165) is 24.0 Å². The number of nitrogens with one attached hydrogen (secondary N) is 1. The molecule has 0 aromatic heterocycles. The number of benzene rings is 1. The topological polar surface area (TPSA) is 55.4 Å². The SMILES string of the molecule is Cc1cc(C)c2c(c1)C(=O)[C@@H]([C@H]1NC(=O)[C@H]1[C@@H](CO[SiH](C)C)C(C)(C)C)CC2. The molecule has 1 saturated heterocycles. The van der Waals surface area contributed by atoms with Gasteiger partial charge in [0.1, 0.15) is 0 Å². The molecule has 1 aliphatic carbocycles. The summed E-state index contributed by atoms with van der Waals surface area (Å²) in [6, 6.07) is 4.11. The van der Waals surface area contributed by atoms with E-state index in [1.54, 1.807) is 0 Å². The Morgan fingerprint density at radius 2 is 1.89 bits per heavy atom. The molecule has 28 heavy (non-hydrogen) atoms. The van der Waals surface area contributed by atoms with Crippen LogP contribution >= 0.6 is 0 Å². The molecule has 1 fully saturated rings. The zero-order chi connectivity index (χ0) is 20.8. The second kappa shape index (κ2) is 7.75. The second-order valence-electron chi connectivity index (χ2n) is 10.0. The molecule has 1 aromatic carbocycles. The highest BCUT2D eigenvalue weighted by atomic mass is 28.3. The van der Waals surface area contributed by atoms with E-state index in [0.29, 0.717) is 6.61 Å². The zero-order valence-electron chi connectivity index (χ0n) is 18.4. The Kier molecular flexibility index (Phi) is 5.88. The number of carbonyl (C=O) groups excluding carboxylic acids is 2. The monoisotopic (exact) mass is 401 g/mol. The lowest BCUT2D eigenvalue weighted by Crippen LogP contribution is -2.67. The van der Waals surface area contributed by atoms with E-state index in [4.69, 9.17) is 4.43 Å². The molecule has 0 spiro atoms. The van der Waals surface area contributed by atoms with Gasteiger partial charge in [0.2, 0.25) is 5.91 Å². The van der Waals surface area contributed by atoms with Crippen LogP contribution in [0, 0.1) is 37.0 Å². The van der Waals surface area contributed by atoms with Crippen LogP contribution in [0.25, 0.3) is 0 Å². The van der Waals surface area contributed by atoms with Crippen LogP contribution in [0.4, 0.5) is 0 Å². The highest BCUT2D eigenvalue weighted by Crippen LogP contribution is 2.43. The first kappa shape index (κ1) is 21.3. The minimum Gasteiger partial charge on any atom is -0.420 e. The van der Waals surface area contributed by atoms with Crippen molar-refractivity contribution < 1.29 is 14.0 Å². The third kappa shape index (κ3) is 3.97. The molecule has 0 bridgehead atoms. The van der Waals surface area contributed by atoms with Gasteiger partial charge >= 0.3 is 0 Å². The Hall–Kier alpha value is -1.46. The van der Waals surface area contributed by atoms with E-state index >= 15 is 0 Å². The van der Waals surface area contributed by atoms with Crippen LogP contribution in [0.1, 0.15) is 54.2 Å². The zero-order valence-corrected chi connectivity index (χ0v) is 19.5. The molecule has 5 heteroatoms. The van der Waals surface area contributed by atoms with Gasteiger partial charge < -0.3 is 9.74 Å². The molecule has 0 radical (unpaired) electrons. The van der Waals surface area contributed by atoms with E-state index in [2.05, 4.69) is 52.2 Å². The van der Waals surface area contributed by atoms with Gasteiger partial charge in [0.25, 0.3) is 0 Å². The summed E-state index contributed by atoms with van der Waals surface area (Å²) in [6.07, 6.45) is 1.72. The molecule has 0 saturated carbocycles. The maximum absolute atomic E-state index is 13.4. The number of Topliss-reactive ketones (excluding diaryl/α,β-unsaturated/α-hetero) is 1. The minimum atomic E-state index is -1.17. The smallest absolute Gasteiger partial charge is 0.225 e. The van der Waals surface area contributed by atoms with Crippen molar-refractivity contribution in [2.75, 3.05) is 6.61 Å². The summed E-state index contributed by atoms with van der Waals surface area (Å²) >= 11 is 0. The highest BCUT2D eigenvalue weighted by Gasteiger charge is 2.53. The Morgan fingerprint density at radius 1 is 1.21 bits per heavy atom. The van der Waals surface area contributed by atoms with Crippen molar-refractivity contribution >= 4 is 20.7 Å². The van der Waals surface area contributed by atoms with Crippen LogP contribution in [0.5, 0.6) is 0 Å². The van der Waals surface area contributed by atoms with Gasteiger partial charge in [-0.25, -0.2) is 0 Å². The summed E-state index contributed by atoms with van der Waals surface area (Å²) in [5.41, 5.74) is 4.34.